The standard InChI is InChI=1S/C9H7BrN2S.C7H9BO2.C2BrClN2S/c1-6-3-2-4-7(5-6)8-11-9(10)12-13-8;1-6-3-2-4-7(5-6)8(9)10;3-1-5-2(4)7-6-1/h2-5H,1H3;2-5,9-10H,1H3;. The predicted octanol–water partition coefficient (Wildman–Crippen LogP) is 4.90. The van der Waals surface area contributed by atoms with Crippen LogP contribution in [0.4, 0.5) is 0 Å². The number of halogens is 3. The van der Waals surface area contributed by atoms with Crippen LogP contribution in [0.1, 0.15) is 11.1 Å². The molecular weight excluding hydrogens is 574 g/mol. The van der Waals surface area contributed by atoms with Gasteiger partial charge in [-0.2, -0.15) is 13.7 Å². The molecule has 2 heterocycles. The van der Waals surface area contributed by atoms with Crippen LogP contribution in [-0.4, -0.2) is 35.9 Å². The Kier molecular flexibility index (Phi) is 10.5. The molecule has 4 rings (SSSR count). The third kappa shape index (κ3) is 8.89. The largest absolute Gasteiger partial charge is 0.488 e. The molecule has 30 heavy (non-hydrogen) atoms. The van der Waals surface area contributed by atoms with E-state index in [4.69, 9.17) is 21.6 Å². The van der Waals surface area contributed by atoms with Crippen molar-refractivity contribution in [1.29, 1.82) is 0 Å². The highest BCUT2D eigenvalue weighted by atomic mass is 79.9. The molecule has 2 aromatic heterocycles. The lowest BCUT2D eigenvalue weighted by Crippen LogP contribution is -2.29. The van der Waals surface area contributed by atoms with Crippen LogP contribution in [0.3, 0.4) is 0 Å². The Morgan fingerprint density at radius 2 is 1.47 bits per heavy atom. The fraction of sp³-hybridized carbons (Fsp3) is 0.111. The van der Waals surface area contributed by atoms with Crippen LogP contribution in [0.25, 0.3) is 10.6 Å². The molecule has 0 amide bonds. The Hall–Kier alpha value is -1.21. The monoisotopic (exact) mass is 588 g/mol. The highest BCUT2D eigenvalue weighted by Crippen LogP contribution is 2.23. The average molecular weight is 591 g/mol. The zero-order valence-electron chi connectivity index (χ0n) is 15.8. The van der Waals surface area contributed by atoms with Crippen LogP contribution in [0.5, 0.6) is 0 Å². The van der Waals surface area contributed by atoms with E-state index in [1.807, 2.05) is 25.1 Å². The van der Waals surface area contributed by atoms with Gasteiger partial charge in [-0.25, -0.2) is 4.98 Å². The van der Waals surface area contributed by atoms with Gasteiger partial charge in [0.15, 0.2) is 0 Å². The third-order valence-electron chi connectivity index (χ3n) is 3.38. The Balaban J connectivity index is 0.000000168. The van der Waals surface area contributed by atoms with E-state index in [1.54, 1.807) is 18.2 Å². The van der Waals surface area contributed by atoms with Crippen molar-refractivity contribution in [2.24, 2.45) is 0 Å². The first kappa shape index (κ1) is 25.1. The first-order valence-electron chi connectivity index (χ1n) is 8.38. The summed E-state index contributed by atoms with van der Waals surface area (Å²) in [6, 6.07) is 15.4. The van der Waals surface area contributed by atoms with E-state index in [0.29, 0.717) is 19.4 Å². The number of rotatable bonds is 2. The van der Waals surface area contributed by atoms with Gasteiger partial charge >= 0.3 is 7.12 Å². The fourth-order valence-corrected chi connectivity index (χ4v) is 4.31. The minimum Gasteiger partial charge on any atom is -0.423 e. The van der Waals surface area contributed by atoms with E-state index in [0.717, 1.165) is 27.7 Å². The number of aromatic nitrogens is 4. The predicted molar refractivity (Wildman–Crippen MR) is 131 cm³/mol. The van der Waals surface area contributed by atoms with Crippen LogP contribution in [0.15, 0.2) is 58.0 Å². The molecule has 2 N–H and O–H groups in total. The summed E-state index contributed by atoms with van der Waals surface area (Å²) in [6.07, 6.45) is 0. The summed E-state index contributed by atoms with van der Waals surface area (Å²) in [6.45, 7) is 3.98. The van der Waals surface area contributed by atoms with Gasteiger partial charge in [0.1, 0.15) is 5.01 Å². The minimum absolute atomic E-state index is 0.465. The molecule has 0 aliphatic heterocycles. The first-order chi connectivity index (χ1) is 14.2. The van der Waals surface area contributed by atoms with Gasteiger partial charge in [0.25, 0.3) is 0 Å². The Labute approximate surface area is 204 Å². The van der Waals surface area contributed by atoms with Crippen LogP contribution in [-0.2, 0) is 0 Å². The molecule has 0 aliphatic rings. The molecule has 0 saturated carbocycles. The van der Waals surface area contributed by atoms with Crippen molar-refractivity contribution in [2.45, 2.75) is 13.8 Å². The van der Waals surface area contributed by atoms with Crippen molar-refractivity contribution in [2.75, 3.05) is 0 Å². The van der Waals surface area contributed by atoms with E-state index < -0.39 is 7.12 Å². The van der Waals surface area contributed by atoms with Crippen LogP contribution in [0.2, 0.25) is 4.47 Å². The fourth-order valence-electron chi connectivity index (χ4n) is 2.12. The average Bonchev–Trinajstić information content (AvgIpc) is 3.30. The molecule has 156 valence electrons. The van der Waals surface area contributed by atoms with Gasteiger partial charge in [-0.15, -0.1) is 0 Å². The van der Waals surface area contributed by atoms with Crippen LogP contribution >= 0.6 is 66.5 Å². The SMILES string of the molecule is Cc1cccc(-c2nc(Br)ns2)c1.Cc1cccc(B(O)O)c1.Clc1nc(Br)ns1. The van der Waals surface area contributed by atoms with E-state index in [2.05, 4.69) is 69.6 Å². The summed E-state index contributed by atoms with van der Waals surface area (Å²) in [5.74, 6) is 0. The van der Waals surface area contributed by atoms with Crippen molar-refractivity contribution in [3.8, 4) is 10.6 Å². The Morgan fingerprint density at radius 3 is 1.87 bits per heavy atom. The van der Waals surface area contributed by atoms with Gasteiger partial charge in [0.2, 0.25) is 13.9 Å². The molecule has 0 radical (unpaired) electrons. The normalized spacial score (nSPS) is 9.83. The Bertz CT molecular complexity index is 1070. The van der Waals surface area contributed by atoms with Crippen molar-refractivity contribution in [3.05, 3.63) is 73.6 Å². The zero-order valence-corrected chi connectivity index (χ0v) is 21.4. The second kappa shape index (κ2) is 12.6. The first-order valence-corrected chi connectivity index (χ1v) is 11.9. The van der Waals surface area contributed by atoms with Crippen molar-refractivity contribution < 1.29 is 10.0 Å². The molecule has 4 aromatic rings. The van der Waals surface area contributed by atoms with Gasteiger partial charge in [0, 0.05) is 5.56 Å². The summed E-state index contributed by atoms with van der Waals surface area (Å²) in [5.41, 5.74) is 3.94. The molecule has 0 saturated heterocycles. The van der Waals surface area contributed by atoms with Gasteiger partial charge in [-0.1, -0.05) is 53.6 Å². The Morgan fingerprint density at radius 1 is 0.867 bits per heavy atom. The van der Waals surface area contributed by atoms with E-state index in [9.17, 15) is 0 Å². The van der Waals surface area contributed by atoms with Crippen molar-refractivity contribution in [1.82, 2.24) is 18.7 Å². The van der Waals surface area contributed by atoms with Crippen molar-refractivity contribution in [3.63, 3.8) is 0 Å². The molecule has 2 aromatic carbocycles. The van der Waals surface area contributed by atoms with E-state index >= 15 is 0 Å². The topological polar surface area (TPSA) is 92.0 Å². The van der Waals surface area contributed by atoms with Crippen molar-refractivity contribution >= 4 is 79.1 Å². The summed E-state index contributed by atoms with van der Waals surface area (Å²) in [4.78, 5) is 7.95. The zero-order chi connectivity index (χ0) is 22.1. The maximum Gasteiger partial charge on any atom is 0.488 e. The van der Waals surface area contributed by atoms with E-state index in [-0.39, 0.29) is 0 Å². The maximum absolute atomic E-state index is 8.70. The summed E-state index contributed by atoms with van der Waals surface area (Å²) >= 11 is 14.2. The number of hydrogen-bond acceptors (Lipinski definition) is 8. The summed E-state index contributed by atoms with van der Waals surface area (Å²) < 4.78 is 9.49. The molecule has 0 fully saturated rings. The van der Waals surface area contributed by atoms with Gasteiger partial charge in [0.05, 0.1) is 0 Å². The second-order valence-electron chi connectivity index (χ2n) is 5.84. The quantitative estimate of drug-likeness (QED) is 0.323. The second-order valence-corrected chi connectivity index (χ2v) is 9.35. The molecule has 0 bridgehead atoms. The highest BCUT2D eigenvalue weighted by Gasteiger charge is 2.08. The van der Waals surface area contributed by atoms with Crippen LogP contribution in [0, 0.1) is 13.8 Å². The number of nitrogens with zero attached hydrogens (tertiary/aromatic N) is 4. The molecule has 0 unspecified atom stereocenters. The maximum atomic E-state index is 8.70. The number of aryl methyl sites for hydroxylation is 2. The van der Waals surface area contributed by atoms with Gasteiger partial charge in [-0.3, -0.25) is 0 Å². The summed E-state index contributed by atoms with van der Waals surface area (Å²) in [5, 5.41) is 18.4. The third-order valence-corrected chi connectivity index (χ3v) is 6.12. The minimum atomic E-state index is -1.35. The van der Waals surface area contributed by atoms with Gasteiger partial charge < -0.3 is 10.0 Å². The lowest BCUT2D eigenvalue weighted by Gasteiger charge is -1.98. The molecule has 12 heteroatoms. The molecule has 0 spiro atoms. The summed E-state index contributed by atoms with van der Waals surface area (Å²) in [7, 11) is -1.35. The van der Waals surface area contributed by atoms with Crippen LogP contribution < -0.4 is 5.46 Å². The smallest absolute Gasteiger partial charge is 0.423 e. The molecule has 6 nitrogen and oxygen atoms in total. The highest BCUT2D eigenvalue weighted by molar-refractivity contribution is 9.10. The lowest BCUT2D eigenvalue weighted by molar-refractivity contribution is 0.425. The molecular formula is C18H16BBr2ClN4O2S2. The van der Waals surface area contributed by atoms with E-state index in [1.165, 1.54) is 17.1 Å². The lowest BCUT2D eigenvalue weighted by atomic mass is 9.80. The molecule has 0 atom stereocenters. The number of hydrogen-bond donors (Lipinski definition) is 2. The molecule has 0 aliphatic carbocycles. The number of benzene rings is 2. The van der Waals surface area contributed by atoms with Gasteiger partial charge in [-0.05, 0) is 91.9 Å².